The fourth-order valence-corrected chi connectivity index (χ4v) is 2.37. The van der Waals surface area contributed by atoms with E-state index >= 15 is 0 Å². The van der Waals surface area contributed by atoms with Crippen molar-refractivity contribution in [3.05, 3.63) is 59.7 Å². The molecule has 0 saturated carbocycles. The smallest absolute Gasteiger partial charge is 0.191 e. The number of ether oxygens (including phenoxy) is 2. The Morgan fingerprint density at radius 3 is 2.32 bits per heavy atom. The van der Waals surface area contributed by atoms with Gasteiger partial charge in [0.25, 0.3) is 0 Å². The Balaban J connectivity index is 0.00000312. The third-order valence-corrected chi connectivity index (χ3v) is 3.73. The van der Waals surface area contributed by atoms with Crippen LogP contribution in [0.5, 0.6) is 11.5 Å². The Morgan fingerprint density at radius 1 is 0.960 bits per heavy atom. The molecule has 2 N–H and O–H groups in total. The zero-order valence-electron chi connectivity index (χ0n) is 14.9. The molecule has 0 spiro atoms. The summed E-state index contributed by atoms with van der Waals surface area (Å²) >= 11 is 0. The van der Waals surface area contributed by atoms with Crippen LogP contribution in [0.15, 0.2) is 53.5 Å². The van der Waals surface area contributed by atoms with Gasteiger partial charge in [0.05, 0.1) is 14.2 Å². The number of methoxy groups -OCH3 is 2. The molecule has 136 valence electrons. The van der Waals surface area contributed by atoms with Gasteiger partial charge in [-0.15, -0.1) is 24.0 Å². The van der Waals surface area contributed by atoms with Crippen LogP contribution < -0.4 is 20.1 Å². The van der Waals surface area contributed by atoms with Crippen LogP contribution in [0.1, 0.15) is 11.1 Å². The molecule has 2 aromatic carbocycles. The van der Waals surface area contributed by atoms with E-state index in [-0.39, 0.29) is 24.0 Å². The van der Waals surface area contributed by atoms with Crippen molar-refractivity contribution in [1.82, 2.24) is 10.6 Å². The Bertz CT molecular complexity index is 660. The number of para-hydroxylation sites is 1. The van der Waals surface area contributed by atoms with E-state index in [2.05, 4.69) is 27.8 Å². The highest BCUT2D eigenvalue weighted by molar-refractivity contribution is 14.0. The van der Waals surface area contributed by atoms with Gasteiger partial charge in [-0.3, -0.25) is 4.99 Å². The molecule has 0 amide bonds. The summed E-state index contributed by atoms with van der Waals surface area (Å²) in [5, 5.41) is 6.62. The summed E-state index contributed by atoms with van der Waals surface area (Å²) in [5.41, 5.74) is 2.35. The lowest BCUT2D eigenvalue weighted by molar-refractivity contribution is 0.409. The van der Waals surface area contributed by atoms with E-state index in [1.807, 2.05) is 36.4 Å². The second-order valence-corrected chi connectivity index (χ2v) is 5.26. The van der Waals surface area contributed by atoms with Crippen LogP contribution in [0.2, 0.25) is 0 Å². The van der Waals surface area contributed by atoms with Gasteiger partial charge in [-0.1, -0.05) is 30.3 Å². The molecule has 0 fully saturated rings. The normalized spacial score (nSPS) is 10.6. The fraction of sp³-hybridized carbons (Fsp3) is 0.316. The third kappa shape index (κ3) is 6.81. The van der Waals surface area contributed by atoms with Crippen molar-refractivity contribution in [3.8, 4) is 11.5 Å². The van der Waals surface area contributed by atoms with E-state index in [1.165, 1.54) is 5.56 Å². The minimum atomic E-state index is 0. The maximum Gasteiger partial charge on any atom is 0.191 e. The number of hydrogen-bond acceptors (Lipinski definition) is 3. The van der Waals surface area contributed by atoms with E-state index in [9.17, 15) is 0 Å². The van der Waals surface area contributed by atoms with E-state index < -0.39 is 0 Å². The molecule has 5 nitrogen and oxygen atoms in total. The van der Waals surface area contributed by atoms with Crippen LogP contribution in [0.3, 0.4) is 0 Å². The predicted molar refractivity (Wildman–Crippen MR) is 113 cm³/mol. The van der Waals surface area contributed by atoms with Crippen LogP contribution in [0.4, 0.5) is 0 Å². The van der Waals surface area contributed by atoms with Crippen molar-refractivity contribution in [3.63, 3.8) is 0 Å². The highest BCUT2D eigenvalue weighted by atomic mass is 127. The Hall–Kier alpha value is -1.96. The first kappa shape index (κ1) is 21.1. The summed E-state index contributed by atoms with van der Waals surface area (Å²) in [5.74, 6) is 2.52. The monoisotopic (exact) mass is 455 g/mol. The lowest BCUT2D eigenvalue weighted by Crippen LogP contribution is -2.37. The van der Waals surface area contributed by atoms with Crippen molar-refractivity contribution < 1.29 is 9.47 Å². The molecular weight excluding hydrogens is 429 g/mol. The average molecular weight is 455 g/mol. The van der Waals surface area contributed by atoms with Gasteiger partial charge in [0.15, 0.2) is 5.96 Å². The molecule has 0 aliphatic heterocycles. The van der Waals surface area contributed by atoms with Gasteiger partial charge in [0.1, 0.15) is 11.5 Å². The summed E-state index contributed by atoms with van der Waals surface area (Å²) < 4.78 is 10.5. The number of hydrogen-bond donors (Lipinski definition) is 2. The molecule has 0 aliphatic rings. The zero-order valence-corrected chi connectivity index (χ0v) is 17.2. The Labute approximate surface area is 166 Å². The van der Waals surface area contributed by atoms with Crippen molar-refractivity contribution in [2.24, 2.45) is 4.99 Å². The molecular formula is C19H26IN3O2. The molecule has 25 heavy (non-hydrogen) atoms. The van der Waals surface area contributed by atoms with Crippen LogP contribution >= 0.6 is 24.0 Å². The largest absolute Gasteiger partial charge is 0.497 e. The first-order chi connectivity index (χ1) is 11.8. The number of benzene rings is 2. The number of halogens is 1. The van der Waals surface area contributed by atoms with Crippen LogP contribution in [0.25, 0.3) is 0 Å². The van der Waals surface area contributed by atoms with Crippen LogP contribution in [-0.2, 0) is 13.0 Å². The Morgan fingerprint density at radius 2 is 1.68 bits per heavy atom. The molecule has 6 heteroatoms. The van der Waals surface area contributed by atoms with Crippen molar-refractivity contribution >= 4 is 29.9 Å². The van der Waals surface area contributed by atoms with E-state index in [1.54, 1.807) is 21.3 Å². The molecule has 0 aromatic heterocycles. The van der Waals surface area contributed by atoms with Gasteiger partial charge in [0, 0.05) is 25.7 Å². The summed E-state index contributed by atoms with van der Waals surface area (Å²) in [6.45, 7) is 1.46. The highest BCUT2D eigenvalue weighted by Crippen LogP contribution is 2.16. The minimum Gasteiger partial charge on any atom is -0.497 e. The number of nitrogens with one attached hydrogen (secondary N) is 2. The SMILES string of the molecule is CN=C(NCCc1ccc(OC)cc1)NCc1ccccc1OC.I. The van der Waals surface area contributed by atoms with E-state index in [0.717, 1.165) is 36.0 Å². The number of guanidine groups is 1. The number of nitrogens with zero attached hydrogens (tertiary/aromatic N) is 1. The molecule has 0 aliphatic carbocycles. The standard InChI is InChI=1S/C19H25N3O2.HI/c1-20-19(22-14-16-6-4-5-7-18(16)24-3)21-13-12-15-8-10-17(23-2)11-9-15;/h4-11H,12-14H2,1-3H3,(H2,20,21,22);1H. The van der Waals surface area contributed by atoms with Crippen molar-refractivity contribution in [2.45, 2.75) is 13.0 Å². The molecule has 2 aromatic rings. The third-order valence-electron chi connectivity index (χ3n) is 3.73. The molecule has 0 atom stereocenters. The molecule has 0 bridgehead atoms. The lowest BCUT2D eigenvalue weighted by atomic mass is 10.1. The highest BCUT2D eigenvalue weighted by Gasteiger charge is 2.03. The molecule has 0 unspecified atom stereocenters. The van der Waals surface area contributed by atoms with Gasteiger partial charge < -0.3 is 20.1 Å². The fourth-order valence-electron chi connectivity index (χ4n) is 2.37. The van der Waals surface area contributed by atoms with E-state index in [0.29, 0.717) is 6.54 Å². The number of rotatable bonds is 7. The molecule has 0 radical (unpaired) electrons. The van der Waals surface area contributed by atoms with Gasteiger partial charge in [-0.25, -0.2) is 0 Å². The molecule has 2 rings (SSSR count). The van der Waals surface area contributed by atoms with Crippen LogP contribution in [-0.4, -0.2) is 33.8 Å². The molecule has 0 saturated heterocycles. The maximum atomic E-state index is 5.36. The summed E-state index contributed by atoms with van der Waals surface area (Å²) in [4.78, 5) is 4.25. The summed E-state index contributed by atoms with van der Waals surface area (Å²) in [7, 11) is 5.12. The quantitative estimate of drug-likeness (QED) is 0.383. The van der Waals surface area contributed by atoms with Crippen LogP contribution in [0, 0.1) is 0 Å². The van der Waals surface area contributed by atoms with Gasteiger partial charge in [0.2, 0.25) is 0 Å². The lowest BCUT2D eigenvalue weighted by Gasteiger charge is -2.13. The minimum absolute atomic E-state index is 0. The van der Waals surface area contributed by atoms with Gasteiger partial charge in [-0.2, -0.15) is 0 Å². The summed E-state index contributed by atoms with van der Waals surface area (Å²) in [6, 6.07) is 16.1. The van der Waals surface area contributed by atoms with Crippen molar-refractivity contribution in [1.29, 1.82) is 0 Å². The Kier molecular flexibility index (Phi) is 9.76. The topological polar surface area (TPSA) is 54.9 Å². The second-order valence-electron chi connectivity index (χ2n) is 5.26. The average Bonchev–Trinajstić information content (AvgIpc) is 2.65. The van der Waals surface area contributed by atoms with Crippen molar-refractivity contribution in [2.75, 3.05) is 27.8 Å². The first-order valence-electron chi connectivity index (χ1n) is 7.96. The predicted octanol–water partition coefficient (Wildman–Crippen LogP) is 3.23. The molecule has 0 heterocycles. The van der Waals surface area contributed by atoms with Gasteiger partial charge in [-0.05, 0) is 30.2 Å². The van der Waals surface area contributed by atoms with Gasteiger partial charge >= 0.3 is 0 Å². The number of aliphatic imine (C=N–C) groups is 1. The summed E-state index contributed by atoms with van der Waals surface area (Å²) in [6.07, 6.45) is 0.916. The van der Waals surface area contributed by atoms with E-state index in [4.69, 9.17) is 9.47 Å². The zero-order chi connectivity index (χ0) is 17.2. The maximum absolute atomic E-state index is 5.36. The second kappa shape index (κ2) is 11.6. The first-order valence-corrected chi connectivity index (χ1v) is 7.96.